The molecule has 0 fully saturated rings. The summed E-state index contributed by atoms with van der Waals surface area (Å²) >= 11 is 0. The summed E-state index contributed by atoms with van der Waals surface area (Å²) in [5, 5.41) is 22.3. The number of phenolic OH excluding ortho intramolecular Hbond substituents is 2. The van der Waals surface area contributed by atoms with Crippen LogP contribution in [-0.2, 0) is 0 Å². The zero-order valence-electron chi connectivity index (χ0n) is 20.9. The van der Waals surface area contributed by atoms with Crippen molar-refractivity contribution in [3.63, 3.8) is 0 Å². The first-order valence-corrected chi connectivity index (χ1v) is 14.0. The molecule has 0 saturated carbocycles. The predicted octanol–water partition coefficient (Wildman–Crippen LogP) is 5.81. The van der Waals surface area contributed by atoms with Crippen LogP contribution in [-0.4, -0.2) is 18.5 Å². The van der Waals surface area contributed by atoms with Crippen LogP contribution in [0.15, 0.2) is 113 Å². The molecule has 0 saturated heterocycles. The molecule has 5 rings (SSSR count). The van der Waals surface area contributed by atoms with Crippen LogP contribution in [0.1, 0.15) is 20.8 Å². The molecule has 0 aliphatic carbocycles. The molecule has 5 nitrogen and oxygen atoms in total. The number of rotatable bonds is 5. The average molecular weight is 509 g/mol. The van der Waals surface area contributed by atoms with Crippen molar-refractivity contribution in [3.8, 4) is 28.4 Å². The predicted molar refractivity (Wildman–Crippen MR) is 149 cm³/mol. The third-order valence-corrected chi connectivity index (χ3v) is 11.6. The van der Waals surface area contributed by atoms with Crippen molar-refractivity contribution in [1.82, 2.24) is 0 Å². The molecule has 1 aromatic heterocycles. The van der Waals surface area contributed by atoms with E-state index in [0.29, 0.717) is 11.1 Å². The number of phenols is 2. The van der Waals surface area contributed by atoms with Crippen LogP contribution >= 0.6 is 0 Å². The molecule has 0 spiro atoms. The monoisotopic (exact) mass is 508 g/mol. The van der Waals surface area contributed by atoms with Gasteiger partial charge in [-0.15, -0.1) is 0 Å². The third kappa shape index (κ3) is 4.30. The summed E-state index contributed by atoms with van der Waals surface area (Å²) in [7, 11) is -3.08. The maximum atomic E-state index is 13.9. The van der Waals surface area contributed by atoms with Gasteiger partial charge in [-0.25, -0.2) is 0 Å². The minimum absolute atomic E-state index is 0.0547. The molecule has 0 aliphatic heterocycles. The summed E-state index contributed by atoms with van der Waals surface area (Å²) in [4.78, 5) is 13.9. The van der Waals surface area contributed by atoms with Crippen LogP contribution in [0.5, 0.6) is 17.2 Å². The van der Waals surface area contributed by atoms with E-state index in [0.717, 1.165) is 10.4 Å². The topological polar surface area (TPSA) is 79.9 Å². The van der Waals surface area contributed by atoms with Crippen molar-refractivity contribution in [2.24, 2.45) is 0 Å². The lowest BCUT2D eigenvalue weighted by atomic mass is 10.0. The Balaban J connectivity index is 1.81. The number of fused-ring (bicyclic) bond motifs is 1. The highest BCUT2D eigenvalue weighted by Gasteiger charge is 2.52. The lowest BCUT2D eigenvalue weighted by Crippen LogP contribution is -2.68. The molecule has 6 heteroatoms. The van der Waals surface area contributed by atoms with Gasteiger partial charge in [0.25, 0.3) is 0 Å². The zero-order valence-corrected chi connectivity index (χ0v) is 21.9. The molecule has 0 atom stereocenters. The summed E-state index contributed by atoms with van der Waals surface area (Å²) < 4.78 is 13.0. The Morgan fingerprint density at radius 2 is 1.32 bits per heavy atom. The molecule has 0 aliphatic rings. The smallest absolute Gasteiger partial charge is 0.319 e. The molecule has 2 N–H and O–H groups in total. The standard InChI is InChI=1S/C31H28O5Si/c1-31(2,3)37(24-10-6-4-7-11-24,25-12-8-5-9-13-25)36-28-19-23(33)18-27-29(28)30(34)26(20-35-27)21-14-16-22(32)17-15-21/h4-20,32-33H,1-3H3. The molecule has 0 radical (unpaired) electrons. The average Bonchev–Trinajstić information content (AvgIpc) is 2.88. The van der Waals surface area contributed by atoms with E-state index >= 15 is 0 Å². The first-order valence-electron chi connectivity index (χ1n) is 12.1. The fraction of sp³-hybridized carbons (Fsp3) is 0.129. The van der Waals surface area contributed by atoms with Crippen LogP contribution in [0, 0.1) is 0 Å². The number of hydrogen-bond acceptors (Lipinski definition) is 5. The van der Waals surface area contributed by atoms with Crippen molar-refractivity contribution in [1.29, 1.82) is 0 Å². The van der Waals surface area contributed by atoms with Gasteiger partial charge in [0.1, 0.15) is 34.5 Å². The first-order chi connectivity index (χ1) is 17.7. The summed E-state index contributed by atoms with van der Waals surface area (Å²) in [6.07, 6.45) is 1.38. The molecule has 4 aromatic carbocycles. The zero-order chi connectivity index (χ0) is 26.2. The van der Waals surface area contributed by atoms with Crippen molar-refractivity contribution in [2.45, 2.75) is 25.8 Å². The van der Waals surface area contributed by atoms with E-state index in [-0.39, 0.29) is 38.7 Å². The second-order valence-electron chi connectivity index (χ2n) is 10.1. The van der Waals surface area contributed by atoms with E-state index in [1.807, 2.05) is 36.4 Å². The molecule has 5 aromatic rings. The summed E-state index contributed by atoms with van der Waals surface area (Å²) in [6, 6.07) is 29.5. The summed E-state index contributed by atoms with van der Waals surface area (Å²) in [5.74, 6) is 0.328. The molecule has 186 valence electrons. The second-order valence-corrected chi connectivity index (χ2v) is 14.3. The Hall–Kier alpha value is -4.29. The van der Waals surface area contributed by atoms with Crippen molar-refractivity contribution < 1.29 is 19.1 Å². The SMILES string of the molecule is CC(C)(C)[Si](Oc1cc(O)cc2occ(-c3ccc(O)cc3)c(=O)c12)(c1ccccc1)c1ccccc1. The van der Waals surface area contributed by atoms with Gasteiger partial charge in [-0.1, -0.05) is 93.6 Å². The first kappa shape index (κ1) is 24.4. The van der Waals surface area contributed by atoms with Crippen molar-refractivity contribution >= 4 is 29.7 Å². The molecule has 0 unspecified atom stereocenters. The lowest BCUT2D eigenvalue weighted by Gasteiger charge is -2.43. The Kier molecular flexibility index (Phi) is 6.13. The van der Waals surface area contributed by atoms with E-state index < -0.39 is 8.32 Å². The quantitative estimate of drug-likeness (QED) is 0.293. The van der Waals surface area contributed by atoms with Gasteiger partial charge >= 0.3 is 8.32 Å². The van der Waals surface area contributed by atoms with E-state index in [4.69, 9.17) is 8.84 Å². The Morgan fingerprint density at radius 3 is 1.86 bits per heavy atom. The largest absolute Gasteiger partial charge is 0.533 e. The molecular weight excluding hydrogens is 480 g/mol. The number of aromatic hydroxyl groups is 2. The van der Waals surface area contributed by atoms with E-state index in [2.05, 4.69) is 45.0 Å². The van der Waals surface area contributed by atoms with E-state index in [9.17, 15) is 15.0 Å². The molecule has 0 bridgehead atoms. The molecular formula is C31H28O5Si. The highest BCUT2D eigenvalue weighted by atomic mass is 28.4. The molecule has 37 heavy (non-hydrogen) atoms. The van der Waals surface area contributed by atoms with Gasteiger partial charge in [0.05, 0.1) is 5.56 Å². The Morgan fingerprint density at radius 1 is 0.757 bits per heavy atom. The summed E-state index contributed by atoms with van der Waals surface area (Å²) in [5.41, 5.74) is 0.906. The second kappa shape index (κ2) is 9.30. The number of benzene rings is 4. The van der Waals surface area contributed by atoms with Crippen molar-refractivity contribution in [3.05, 3.63) is 114 Å². The maximum Gasteiger partial charge on any atom is 0.319 e. The Bertz CT molecular complexity index is 1560. The van der Waals surface area contributed by atoms with Gasteiger partial charge in [0, 0.05) is 12.1 Å². The number of hydrogen-bond donors (Lipinski definition) is 2. The van der Waals surface area contributed by atoms with Crippen LogP contribution in [0.25, 0.3) is 22.1 Å². The van der Waals surface area contributed by atoms with Gasteiger partial charge in [-0.2, -0.15) is 0 Å². The van der Waals surface area contributed by atoms with E-state index in [1.54, 1.807) is 12.1 Å². The van der Waals surface area contributed by atoms with Crippen LogP contribution in [0.2, 0.25) is 5.04 Å². The van der Waals surface area contributed by atoms with Crippen molar-refractivity contribution in [2.75, 3.05) is 0 Å². The fourth-order valence-corrected chi connectivity index (χ4v) is 9.36. The third-order valence-electron chi connectivity index (χ3n) is 6.68. The van der Waals surface area contributed by atoms with Gasteiger partial charge in [-0.3, -0.25) is 4.79 Å². The molecule has 0 amide bonds. The highest BCUT2D eigenvalue weighted by Crippen LogP contribution is 2.40. The fourth-order valence-electron chi connectivity index (χ4n) is 4.94. The summed E-state index contributed by atoms with van der Waals surface area (Å²) in [6.45, 7) is 6.44. The van der Waals surface area contributed by atoms with Gasteiger partial charge in [0.15, 0.2) is 0 Å². The lowest BCUT2D eigenvalue weighted by molar-refractivity contribution is 0.464. The normalized spacial score (nSPS) is 12.0. The van der Waals surface area contributed by atoms with Crippen LogP contribution < -0.4 is 20.2 Å². The maximum absolute atomic E-state index is 13.9. The van der Waals surface area contributed by atoms with Gasteiger partial charge in [0.2, 0.25) is 5.43 Å². The Labute approximate surface area is 216 Å². The van der Waals surface area contributed by atoms with Gasteiger partial charge < -0.3 is 19.1 Å². The van der Waals surface area contributed by atoms with E-state index in [1.165, 1.54) is 30.5 Å². The minimum Gasteiger partial charge on any atom is -0.533 e. The van der Waals surface area contributed by atoms with Crippen LogP contribution in [0.3, 0.4) is 0 Å². The molecule has 1 heterocycles. The highest BCUT2D eigenvalue weighted by molar-refractivity contribution is 7.00. The van der Waals surface area contributed by atoms with Gasteiger partial charge in [-0.05, 0) is 33.1 Å². The van der Waals surface area contributed by atoms with Crippen LogP contribution in [0.4, 0.5) is 0 Å². The minimum atomic E-state index is -3.08.